The maximum Gasteiger partial charge on any atom is 0.195 e. The molecule has 15 heavy (non-hydrogen) atoms. The number of aryl methyl sites for hydroxylation is 1. The molecule has 0 atom stereocenters. The van der Waals surface area contributed by atoms with Crippen molar-refractivity contribution in [1.29, 1.82) is 0 Å². The van der Waals surface area contributed by atoms with Gasteiger partial charge in [0, 0.05) is 13.0 Å². The monoisotopic (exact) mass is 225 g/mol. The summed E-state index contributed by atoms with van der Waals surface area (Å²) in [6.07, 6.45) is 7.64. The van der Waals surface area contributed by atoms with Crippen LogP contribution in [0.5, 0.6) is 0 Å². The van der Waals surface area contributed by atoms with Crippen molar-refractivity contribution in [1.82, 2.24) is 14.8 Å². The zero-order chi connectivity index (χ0) is 10.7. The number of hydrogen-bond acceptors (Lipinski definition) is 2. The van der Waals surface area contributed by atoms with Gasteiger partial charge in [-0.25, -0.2) is 0 Å². The van der Waals surface area contributed by atoms with Crippen molar-refractivity contribution in [2.45, 2.75) is 52.0 Å². The van der Waals surface area contributed by atoms with Gasteiger partial charge < -0.3 is 4.57 Å². The van der Waals surface area contributed by atoms with Crippen molar-refractivity contribution in [2.24, 2.45) is 5.92 Å². The molecule has 2 rings (SSSR count). The fraction of sp³-hybridized carbons (Fsp3) is 0.818. The lowest BCUT2D eigenvalue weighted by Crippen LogP contribution is -2.04. The van der Waals surface area contributed by atoms with Gasteiger partial charge in [-0.1, -0.05) is 19.8 Å². The number of rotatable bonds is 6. The van der Waals surface area contributed by atoms with Gasteiger partial charge in [-0.15, -0.1) is 0 Å². The van der Waals surface area contributed by atoms with E-state index in [2.05, 4.69) is 21.7 Å². The van der Waals surface area contributed by atoms with Crippen molar-refractivity contribution < 1.29 is 0 Å². The van der Waals surface area contributed by atoms with Gasteiger partial charge in [-0.3, -0.25) is 5.10 Å². The summed E-state index contributed by atoms with van der Waals surface area (Å²) in [4.78, 5) is 0. The van der Waals surface area contributed by atoms with Crippen molar-refractivity contribution in [3.8, 4) is 0 Å². The molecule has 0 spiro atoms. The fourth-order valence-corrected chi connectivity index (χ4v) is 2.18. The molecule has 1 aliphatic rings. The number of nitrogens with zero attached hydrogens (tertiary/aromatic N) is 2. The first-order chi connectivity index (χ1) is 7.31. The first kappa shape index (κ1) is 10.9. The van der Waals surface area contributed by atoms with E-state index in [4.69, 9.17) is 12.2 Å². The zero-order valence-electron chi connectivity index (χ0n) is 9.33. The molecule has 1 aliphatic carbocycles. The second-order valence-corrected chi connectivity index (χ2v) is 4.82. The van der Waals surface area contributed by atoms with Crippen LogP contribution in [0.1, 0.15) is 44.9 Å². The number of aromatic amines is 1. The molecule has 1 N–H and O–H groups in total. The van der Waals surface area contributed by atoms with Gasteiger partial charge in [-0.05, 0) is 37.4 Å². The number of aromatic nitrogens is 3. The molecule has 3 nitrogen and oxygen atoms in total. The Balaban J connectivity index is 1.91. The van der Waals surface area contributed by atoms with Crippen LogP contribution >= 0.6 is 12.2 Å². The minimum Gasteiger partial charge on any atom is -0.304 e. The third-order valence-electron chi connectivity index (χ3n) is 3.00. The van der Waals surface area contributed by atoms with E-state index in [9.17, 15) is 0 Å². The van der Waals surface area contributed by atoms with Gasteiger partial charge >= 0.3 is 0 Å². The fourth-order valence-electron chi connectivity index (χ4n) is 1.94. The zero-order valence-corrected chi connectivity index (χ0v) is 10.1. The Morgan fingerprint density at radius 2 is 2.33 bits per heavy atom. The molecule has 1 aromatic heterocycles. The summed E-state index contributed by atoms with van der Waals surface area (Å²) in [5.41, 5.74) is 0. The van der Waals surface area contributed by atoms with Gasteiger partial charge in [0.25, 0.3) is 0 Å². The highest BCUT2D eigenvalue weighted by atomic mass is 32.1. The van der Waals surface area contributed by atoms with Crippen molar-refractivity contribution >= 4 is 12.2 Å². The maximum atomic E-state index is 5.23. The Bertz CT molecular complexity index is 362. The van der Waals surface area contributed by atoms with Crippen LogP contribution < -0.4 is 0 Å². The number of H-pyrrole nitrogens is 1. The number of nitrogens with one attached hydrogen (secondary N) is 1. The van der Waals surface area contributed by atoms with E-state index in [0.29, 0.717) is 0 Å². The average molecular weight is 225 g/mol. The van der Waals surface area contributed by atoms with Gasteiger partial charge in [0.05, 0.1) is 0 Å². The summed E-state index contributed by atoms with van der Waals surface area (Å²) in [5, 5.41) is 7.16. The molecule has 0 aromatic carbocycles. The standard InChI is InChI=1S/C11H19N3S/c1-2-4-10-12-13-11(15)14(10)8-3-5-9-6-7-9/h9H,2-8H2,1H3,(H,13,15). The maximum absolute atomic E-state index is 5.23. The molecule has 1 heterocycles. The van der Waals surface area contributed by atoms with Crippen LogP contribution in [0.15, 0.2) is 0 Å². The molecular weight excluding hydrogens is 206 g/mol. The van der Waals surface area contributed by atoms with E-state index in [0.717, 1.165) is 35.9 Å². The molecule has 0 bridgehead atoms. The van der Waals surface area contributed by atoms with Crippen molar-refractivity contribution in [3.05, 3.63) is 10.6 Å². The summed E-state index contributed by atoms with van der Waals surface area (Å²) < 4.78 is 2.95. The smallest absolute Gasteiger partial charge is 0.195 e. The predicted octanol–water partition coefficient (Wildman–Crippen LogP) is 3.08. The molecule has 0 saturated heterocycles. The van der Waals surface area contributed by atoms with Crippen LogP contribution in [0.3, 0.4) is 0 Å². The molecule has 84 valence electrons. The van der Waals surface area contributed by atoms with E-state index < -0.39 is 0 Å². The van der Waals surface area contributed by atoms with Crippen LogP contribution in [-0.2, 0) is 13.0 Å². The first-order valence-electron chi connectivity index (χ1n) is 5.95. The van der Waals surface area contributed by atoms with Crippen LogP contribution in [0.2, 0.25) is 0 Å². The normalized spacial score (nSPS) is 15.8. The van der Waals surface area contributed by atoms with Crippen molar-refractivity contribution in [2.75, 3.05) is 0 Å². The van der Waals surface area contributed by atoms with E-state index in [-0.39, 0.29) is 0 Å². The summed E-state index contributed by atoms with van der Waals surface area (Å²) in [7, 11) is 0. The molecule has 0 amide bonds. The molecule has 1 saturated carbocycles. The molecule has 0 unspecified atom stereocenters. The average Bonchev–Trinajstić information content (AvgIpc) is 2.97. The Kier molecular flexibility index (Phi) is 3.57. The van der Waals surface area contributed by atoms with Gasteiger partial charge in [0.15, 0.2) is 4.77 Å². The summed E-state index contributed by atoms with van der Waals surface area (Å²) in [6.45, 7) is 3.22. The third kappa shape index (κ3) is 2.91. The van der Waals surface area contributed by atoms with Gasteiger partial charge in [0.1, 0.15) is 5.82 Å². The van der Waals surface area contributed by atoms with Gasteiger partial charge in [0.2, 0.25) is 0 Å². The minimum atomic E-state index is 0.786. The van der Waals surface area contributed by atoms with E-state index in [1.165, 1.54) is 25.7 Å². The Labute approximate surface area is 95.9 Å². The third-order valence-corrected chi connectivity index (χ3v) is 3.31. The molecular formula is C11H19N3S. The molecule has 1 aromatic rings. The SMILES string of the molecule is CCCc1n[nH]c(=S)n1CCCC1CC1. The van der Waals surface area contributed by atoms with Crippen LogP contribution in [-0.4, -0.2) is 14.8 Å². The highest BCUT2D eigenvalue weighted by Crippen LogP contribution is 2.33. The Morgan fingerprint density at radius 1 is 1.53 bits per heavy atom. The van der Waals surface area contributed by atoms with E-state index >= 15 is 0 Å². The quantitative estimate of drug-likeness (QED) is 0.755. The summed E-state index contributed by atoms with van der Waals surface area (Å²) in [6, 6.07) is 0. The van der Waals surface area contributed by atoms with Gasteiger partial charge in [-0.2, -0.15) is 5.10 Å². The van der Waals surface area contributed by atoms with E-state index in [1.807, 2.05) is 0 Å². The Morgan fingerprint density at radius 3 is 3.00 bits per heavy atom. The molecule has 0 aliphatic heterocycles. The molecule has 1 fully saturated rings. The molecule has 4 heteroatoms. The predicted molar refractivity (Wildman–Crippen MR) is 63.4 cm³/mol. The van der Waals surface area contributed by atoms with Crippen LogP contribution in [0.4, 0.5) is 0 Å². The number of hydrogen-bond donors (Lipinski definition) is 1. The minimum absolute atomic E-state index is 0.786. The van der Waals surface area contributed by atoms with E-state index in [1.54, 1.807) is 0 Å². The lowest BCUT2D eigenvalue weighted by atomic mass is 10.2. The highest BCUT2D eigenvalue weighted by Gasteiger charge is 2.20. The van der Waals surface area contributed by atoms with Crippen LogP contribution in [0.25, 0.3) is 0 Å². The second kappa shape index (κ2) is 4.92. The molecule has 0 radical (unpaired) electrons. The largest absolute Gasteiger partial charge is 0.304 e. The van der Waals surface area contributed by atoms with Crippen LogP contribution in [0, 0.1) is 10.7 Å². The summed E-state index contributed by atoms with van der Waals surface area (Å²) >= 11 is 5.23. The second-order valence-electron chi connectivity index (χ2n) is 4.43. The van der Waals surface area contributed by atoms with Crippen molar-refractivity contribution in [3.63, 3.8) is 0 Å². The topological polar surface area (TPSA) is 33.6 Å². The lowest BCUT2D eigenvalue weighted by Gasteiger charge is -2.05. The lowest BCUT2D eigenvalue weighted by molar-refractivity contribution is 0.553. The first-order valence-corrected chi connectivity index (χ1v) is 6.36. The summed E-state index contributed by atoms with van der Waals surface area (Å²) in [5.74, 6) is 2.14. The Hall–Kier alpha value is -0.640. The highest BCUT2D eigenvalue weighted by molar-refractivity contribution is 7.71.